The molecule has 2 aromatic rings. The van der Waals surface area contributed by atoms with Crippen molar-refractivity contribution in [3.8, 4) is 0 Å². The van der Waals surface area contributed by atoms with Gasteiger partial charge in [-0.1, -0.05) is 54.1 Å². The van der Waals surface area contributed by atoms with Gasteiger partial charge in [-0.3, -0.25) is 0 Å². The van der Waals surface area contributed by atoms with Crippen molar-refractivity contribution in [3.05, 3.63) is 70.2 Å². The summed E-state index contributed by atoms with van der Waals surface area (Å²) in [5, 5.41) is 10.8. The Hall–Kier alpha value is -1.31. The lowest BCUT2D eigenvalue weighted by atomic mass is 9.98. The maximum absolute atomic E-state index is 10.2. The number of aryl methyl sites for hydroxylation is 1. The Morgan fingerprint density at radius 1 is 1.06 bits per heavy atom. The molecule has 0 bridgehead atoms. The second kappa shape index (κ2) is 5.35. The molecule has 1 N–H and O–H groups in total. The Labute approximate surface area is 107 Å². The zero-order valence-corrected chi connectivity index (χ0v) is 10.5. The molecule has 2 heteroatoms. The van der Waals surface area contributed by atoms with Gasteiger partial charge in [0.2, 0.25) is 0 Å². The minimum Gasteiger partial charge on any atom is -0.388 e. The van der Waals surface area contributed by atoms with Gasteiger partial charge < -0.3 is 5.11 Å². The number of hydrogen-bond donors (Lipinski definition) is 1. The number of aliphatic hydroxyl groups excluding tert-OH is 1. The van der Waals surface area contributed by atoms with Gasteiger partial charge in [0.1, 0.15) is 0 Å². The normalized spacial score (nSPS) is 12.4. The molecule has 2 aromatic carbocycles. The van der Waals surface area contributed by atoms with E-state index in [1.165, 1.54) is 5.56 Å². The fourth-order valence-electron chi connectivity index (χ4n) is 1.90. The van der Waals surface area contributed by atoms with Crippen molar-refractivity contribution in [1.29, 1.82) is 0 Å². The molecule has 1 unspecified atom stereocenters. The largest absolute Gasteiger partial charge is 0.388 e. The third kappa shape index (κ3) is 2.87. The number of aliphatic hydroxyl groups is 1. The first-order valence-electron chi connectivity index (χ1n) is 5.65. The summed E-state index contributed by atoms with van der Waals surface area (Å²) in [6.07, 6.45) is 0.0425. The number of halogens is 1. The Bertz CT molecular complexity index is 508. The van der Waals surface area contributed by atoms with Crippen LogP contribution in [0.2, 0.25) is 5.02 Å². The van der Waals surface area contributed by atoms with E-state index in [0.29, 0.717) is 11.4 Å². The third-order valence-corrected chi connectivity index (χ3v) is 3.28. The molecule has 0 aliphatic rings. The first-order chi connectivity index (χ1) is 8.18. The molecule has 1 nitrogen and oxygen atoms in total. The zero-order chi connectivity index (χ0) is 12.3. The Balaban J connectivity index is 2.20. The lowest BCUT2D eigenvalue weighted by Gasteiger charge is -2.14. The van der Waals surface area contributed by atoms with Gasteiger partial charge in [-0.25, -0.2) is 0 Å². The van der Waals surface area contributed by atoms with Crippen molar-refractivity contribution in [2.75, 3.05) is 0 Å². The van der Waals surface area contributed by atoms with E-state index >= 15 is 0 Å². The Morgan fingerprint density at radius 3 is 2.41 bits per heavy atom. The van der Waals surface area contributed by atoms with Crippen LogP contribution in [-0.2, 0) is 6.42 Å². The van der Waals surface area contributed by atoms with Crippen LogP contribution < -0.4 is 0 Å². The molecule has 0 aliphatic carbocycles. The SMILES string of the molecule is Cc1ccccc1CC(O)c1ccccc1Cl. The van der Waals surface area contributed by atoms with Crippen molar-refractivity contribution in [3.63, 3.8) is 0 Å². The van der Waals surface area contributed by atoms with E-state index in [2.05, 4.69) is 13.0 Å². The molecular formula is C15H15ClO. The fraction of sp³-hybridized carbons (Fsp3) is 0.200. The van der Waals surface area contributed by atoms with Crippen molar-refractivity contribution in [2.24, 2.45) is 0 Å². The maximum Gasteiger partial charge on any atom is 0.0844 e. The fourth-order valence-corrected chi connectivity index (χ4v) is 2.16. The van der Waals surface area contributed by atoms with Gasteiger partial charge in [0.25, 0.3) is 0 Å². The summed E-state index contributed by atoms with van der Waals surface area (Å²) in [5.41, 5.74) is 3.14. The van der Waals surface area contributed by atoms with Crippen LogP contribution in [-0.4, -0.2) is 5.11 Å². The van der Waals surface area contributed by atoms with Gasteiger partial charge in [0.15, 0.2) is 0 Å². The molecule has 0 heterocycles. The molecule has 0 fully saturated rings. The zero-order valence-electron chi connectivity index (χ0n) is 9.73. The highest BCUT2D eigenvalue weighted by Crippen LogP contribution is 2.26. The molecule has 0 saturated heterocycles. The molecule has 88 valence electrons. The van der Waals surface area contributed by atoms with E-state index in [1.807, 2.05) is 36.4 Å². The molecule has 0 aliphatic heterocycles. The highest BCUT2D eigenvalue weighted by atomic mass is 35.5. The summed E-state index contributed by atoms with van der Waals surface area (Å²) < 4.78 is 0. The molecule has 17 heavy (non-hydrogen) atoms. The van der Waals surface area contributed by atoms with E-state index in [-0.39, 0.29) is 0 Å². The summed E-state index contributed by atoms with van der Waals surface area (Å²) in [6.45, 7) is 2.05. The van der Waals surface area contributed by atoms with Gasteiger partial charge in [0.05, 0.1) is 6.10 Å². The van der Waals surface area contributed by atoms with Crippen molar-refractivity contribution < 1.29 is 5.11 Å². The van der Waals surface area contributed by atoms with Gasteiger partial charge >= 0.3 is 0 Å². The van der Waals surface area contributed by atoms with Crippen molar-refractivity contribution >= 4 is 11.6 Å². The highest BCUT2D eigenvalue weighted by molar-refractivity contribution is 6.31. The number of rotatable bonds is 3. The second-order valence-corrected chi connectivity index (χ2v) is 4.58. The molecule has 0 spiro atoms. The Morgan fingerprint density at radius 2 is 1.71 bits per heavy atom. The first kappa shape index (κ1) is 12.2. The summed E-state index contributed by atoms with van der Waals surface area (Å²) in [4.78, 5) is 0. The minimum atomic E-state index is -0.551. The number of benzene rings is 2. The minimum absolute atomic E-state index is 0.551. The van der Waals surface area contributed by atoms with Gasteiger partial charge in [-0.15, -0.1) is 0 Å². The molecule has 2 rings (SSSR count). The van der Waals surface area contributed by atoms with E-state index in [4.69, 9.17) is 11.6 Å². The standard InChI is InChI=1S/C15H15ClO/c1-11-6-2-3-7-12(11)10-15(17)13-8-4-5-9-14(13)16/h2-9,15,17H,10H2,1H3. The van der Waals surface area contributed by atoms with Crippen molar-refractivity contribution in [2.45, 2.75) is 19.4 Å². The van der Waals surface area contributed by atoms with Crippen LogP contribution in [0.4, 0.5) is 0 Å². The van der Waals surface area contributed by atoms with Gasteiger partial charge in [-0.2, -0.15) is 0 Å². The summed E-state index contributed by atoms with van der Waals surface area (Å²) >= 11 is 6.07. The van der Waals surface area contributed by atoms with E-state index < -0.39 is 6.10 Å². The summed E-state index contributed by atoms with van der Waals surface area (Å²) in [6, 6.07) is 15.5. The maximum atomic E-state index is 10.2. The first-order valence-corrected chi connectivity index (χ1v) is 6.03. The second-order valence-electron chi connectivity index (χ2n) is 4.17. The quantitative estimate of drug-likeness (QED) is 0.870. The van der Waals surface area contributed by atoms with E-state index in [1.54, 1.807) is 6.07 Å². The molecule has 0 aromatic heterocycles. The van der Waals surface area contributed by atoms with E-state index in [9.17, 15) is 5.11 Å². The molecule has 0 amide bonds. The Kier molecular flexibility index (Phi) is 3.82. The van der Waals surface area contributed by atoms with Crippen LogP contribution in [0, 0.1) is 6.92 Å². The predicted molar refractivity (Wildman–Crippen MR) is 71.3 cm³/mol. The molecule has 0 saturated carbocycles. The molecule has 1 atom stereocenters. The van der Waals surface area contributed by atoms with Crippen LogP contribution >= 0.6 is 11.6 Å². The lowest BCUT2D eigenvalue weighted by Crippen LogP contribution is -2.03. The van der Waals surface area contributed by atoms with Crippen LogP contribution in [0.1, 0.15) is 22.8 Å². The average Bonchev–Trinajstić information content (AvgIpc) is 2.32. The summed E-state index contributed by atoms with van der Waals surface area (Å²) in [7, 11) is 0. The van der Waals surface area contributed by atoms with Crippen LogP contribution in [0.3, 0.4) is 0 Å². The van der Waals surface area contributed by atoms with Gasteiger partial charge in [0, 0.05) is 11.4 Å². The average molecular weight is 247 g/mol. The third-order valence-electron chi connectivity index (χ3n) is 2.94. The predicted octanol–water partition coefficient (Wildman–Crippen LogP) is 3.92. The summed E-state index contributed by atoms with van der Waals surface area (Å²) in [5.74, 6) is 0. The van der Waals surface area contributed by atoms with Crippen LogP contribution in [0.5, 0.6) is 0 Å². The molecular weight excluding hydrogens is 232 g/mol. The van der Waals surface area contributed by atoms with Gasteiger partial charge in [-0.05, 0) is 29.7 Å². The monoisotopic (exact) mass is 246 g/mol. The van der Waals surface area contributed by atoms with Crippen LogP contribution in [0.25, 0.3) is 0 Å². The van der Waals surface area contributed by atoms with Crippen molar-refractivity contribution in [1.82, 2.24) is 0 Å². The number of hydrogen-bond acceptors (Lipinski definition) is 1. The molecule has 0 radical (unpaired) electrons. The highest BCUT2D eigenvalue weighted by Gasteiger charge is 2.12. The van der Waals surface area contributed by atoms with E-state index in [0.717, 1.165) is 11.1 Å². The van der Waals surface area contributed by atoms with Crippen LogP contribution in [0.15, 0.2) is 48.5 Å². The topological polar surface area (TPSA) is 20.2 Å². The lowest BCUT2D eigenvalue weighted by molar-refractivity contribution is 0.178. The smallest absolute Gasteiger partial charge is 0.0844 e.